The fourth-order valence-corrected chi connectivity index (χ4v) is 2.11. The van der Waals surface area contributed by atoms with E-state index in [-0.39, 0.29) is 6.61 Å². The van der Waals surface area contributed by atoms with Crippen molar-refractivity contribution in [3.63, 3.8) is 0 Å². The molecule has 0 saturated carbocycles. The average Bonchev–Trinajstić information content (AvgIpc) is 2.17. The highest BCUT2D eigenvalue weighted by atomic mass is 32.2. The number of rotatable bonds is 6. The molecule has 1 rings (SSSR count). The standard InChI is InChI=1S/C8H12NO4PS/c10-14(11,12)13-5-6-15-7-8-1-3-9-4-2-8/h1-4H,5-7H2,(H2,10,11,12). The molecule has 2 N–H and O–H groups in total. The Labute approximate surface area is 92.1 Å². The number of pyridine rings is 1. The lowest BCUT2D eigenvalue weighted by Crippen LogP contribution is -1.95. The van der Waals surface area contributed by atoms with Gasteiger partial charge in [0.05, 0.1) is 6.61 Å². The number of nitrogens with zero attached hydrogens (tertiary/aromatic N) is 1. The van der Waals surface area contributed by atoms with Crippen LogP contribution in [0.2, 0.25) is 0 Å². The molecule has 1 heterocycles. The third kappa shape index (κ3) is 6.65. The Morgan fingerprint density at radius 1 is 1.40 bits per heavy atom. The van der Waals surface area contributed by atoms with Crippen LogP contribution in [0.1, 0.15) is 5.56 Å². The highest BCUT2D eigenvalue weighted by Crippen LogP contribution is 2.35. The summed E-state index contributed by atoms with van der Waals surface area (Å²) >= 11 is 1.55. The second-order valence-corrected chi connectivity index (χ2v) is 5.08. The molecule has 5 nitrogen and oxygen atoms in total. The molecule has 0 radical (unpaired) electrons. The summed E-state index contributed by atoms with van der Waals surface area (Å²) in [7, 11) is -4.30. The van der Waals surface area contributed by atoms with Crippen LogP contribution in [-0.4, -0.2) is 27.1 Å². The van der Waals surface area contributed by atoms with Gasteiger partial charge < -0.3 is 9.79 Å². The lowest BCUT2D eigenvalue weighted by Gasteiger charge is -2.04. The number of aromatic nitrogens is 1. The smallest absolute Gasteiger partial charge is 0.303 e. The minimum Gasteiger partial charge on any atom is -0.303 e. The number of thioether (sulfide) groups is 1. The maximum Gasteiger partial charge on any atom is 0.469 e. The van der Waals surface area contributed by atoms with Crippen LogP contribution in [0, 0.1) is 0 Å². The van der Waals surface area contributed by atoms with Crippen molar-refractivity contribution in [2.45, 2.75) is 5.75 Å². The van der Waals surface area contributed by atoms with Crippen molar-refractivity contribution in [2.75, 3.05) is 12.4 Å². The van der Waals surface area contributed by atoms with Crippen LogP contribution >= 0.6 is 19.6 Å². The molecule has 0 amide bonds. The van der Waals surface area contributed by atoms with Gasteiger partial charge >= 0.3 is 7.82 Å². The molecule has 84 valence electrons. The molecule has 1 aromatic heterocycles. The van der Waals surface area contributed by atoms with Gasteiger partial charge in [0.2, 0.25) is 0 Å². The fourth-order valence-electron chi connectivity index (χ4n) is 0.884. The van der Waals surface area contributed by atoms with E-state index in [9.17, 15) is 4.57 Å². The van der Waals surface area contributed by atoms with E-state index in [1.807, 2.05) is 12.1 Å². The average molecular weight is 249 g/mol. The van der Waals surface area contributed by atoms with Gasteiger partial charge in [-0.2, -0.15) is 11.8 Å². The van der Waals surface area contributed by atoms with Gasteiger partial charge in [-0.05, 0) is 17.7 Å². The van der Waals surface area contributed by atoms with Crippen LogP contribution in [0.5, 0.6) is 0 Å². The molecule has 0 fully saturated rings. The Bertz CT molecular complexity index is 329. The molecule has 0 aliphatic heterocycles. The number of hydrogen-bond acceptors (Lipinski definition) is 4. The zero-order chi connectivity index (χ0) is 11.1. The predicted octanol–water partition coefficient (Wildman–Crippen LogP) is 1.42. The Hall–Kier alpha value is -0.390. The first-order chi connectivity index (χ1) is 7.08. The van der Waals surface area contributed by atoms with Gasteiger partial charge in [0.15, 0.2) is 0 Å². The molecule has 0 saturated heterocycles. The SMILES string of the molecule is O=P(O)(O)OCCSCc1ccncc1. The number of phosphoric acid groups is 1. The first kappa shape index (κ1) is 12.7. The van der Waals surface area contributed by atoms with Crippen LogP contribution in [0.4, 0.5) is 0 Å². The quantitative estimate of drug-likeness (QED) is 0.586. The van der Waals surface area contributed by atoms with Crippen LogP contribution in [0.25, 0.3) is 0 Å². The van der Waals surface area contributed by atoms with Gasteiger partial charge in [-0.3, -0.25) is 9.51 Å². The molecule has 0 unspecified atom stereocenters. The molecule has 7 heteroatoms. The maximum atomic E-state index is 10.3. The van der Waals surface area contributed by atoms with Crippen molar-refractivity contribution in [3.8, 4) is 0 Å². The molecule has 0 atom stereocenters. The van der Waals surface area contributed by atoms with Crippen molar-refractivity contribution >= 4 is 19.6 Å². The van der Waals surface area contributed by atoms with Crippen molar-refractivity contribution in [1.29, 1.82) is 0 Å². The van der Waals surface area contributed by atoms with Crippen LogP contribution in [0.15, 0.2) is 24.5 Å². The normalized spacial score (nSPS) is 11.6. The third-order valence-corrected chi connectivity index (χ3v) is 3.02. The summed E-state index contributed by atoms with van der Waals surface area (Å²) in [5.74, 6) is 1.33. The van der Waals surface area contributed by atoms with E-state index in [1.165, 1.54) is 0 Å². The molecule has 0 bridgehead atoms. The van der Waals surface area contributed by atoms with E-state index in [4.69, 9.17) is 9.79 Å². The molecule has 0 spiro atoms. The zero-order valence-electron chi connectivity index (χ0n) is 7.94. The van der Waals surface area contributed by atoms with E-state index in [1.54, 1.807) is 24.2 Å². The molecule has 0 aromatic carbocycles. The molecule has 15 heavy (non-hydrogen) atoms. The largest absolute Gasteiger partial charge is 0.469 e. The van der Waals surface area contributed by atoms with Crippen molar-refractivity contribution in [3.05, 3.63) is 30.1 Å². The first-order valence-electron chi connectivity index (χ1n) is 4.25. The van der Waals surface area contributed by atoms with Crippen molar-refractivity contribution < 1.29 is 18.9 Å². The van der Waals surface area contributed by atoms with Gasteiger partial charge in [0.1, 0.15) is 0 Å². The second-order valence-electron chi connectivity index (χ2n) is 2.73. The molecular weight excluding hydrogens is 237 g/mol. The minimum atomic E-state index is -4.30. The summed E-state index contributed by atoms with van der Waals surface area (Å²) in [5, 5.41) is 0. The van der Waals surface area contributed by atoms with Gasteiger partial charge in [0, 0.05) is 23.9 Å². The van der Waals surface area contributed by atoms with Gasteiger partial charge in [-0.25, -0.2) is 4.57 Å². The van der Waals surface area contributed by atoms with E-state index < -0.39 is 7.82 Å². The summed E-state index contributed by atoms with van der Waals surface area (Å²) in [4.78, 5) is 20.7. The van der Waals surface area contributed by atoms with Gasteiger partial charge in [0.25, 0.3) is 0 Å². The van der Waals surface area contributed by atoms with E-state index >= 15 is 0 Å². The van der Waals surface area contributed by atoms with Crippen molar-refractivity contribution in [2.24, 2.45) is 0 Å². The Balaban J connectivity index is 2.10. The maximum absolute atomic E-state index is 10.3. The summed E-state index contributed by atoms with van der Waals surface area (Å²) in [5.41, 5.74) is 1.13. The number of hydrogen-bond donors (Lipinski definition) is 2. The Morgan fingerprint density at radius 3 is 2.67 bits per heavy atom. The second kappa shape index (κ2) is 6.25. The highest BCUT2D eigenvalue weighted by molar-refractivity contribution is 7.98. The van der Waals surface area contributed by atoms with Gasteiger partial charge in [-0.1, -0.05) is 0 Å². The molecule has 1 aromatic rings. The molecule has 0 aliphatic rings. The zero-order valence-corrected chi connectivity index (χ0v) is 9.66. The summed E-state index contributed by atoms with van der Waals surface area (Å²) in [6, 6.07) is 3.80. The monoisotopic (exact) mass is 249 g/mol. The first-order valence-corrected chi connectivity index (χ1v) is 6.93. The molecular formula is C8H12NO4PS. The van der Waals surface area contributed by atoms with E-state index in [0.717, 1.165) is 11.3 Å². The van der Waals surface area contributed by atoms with Crippen molar-refractivity contribution in [1.82, 2.24) is 4.98 Å². The highest BCUT2D eigenvalue weighted by Gasteiger charge is 2.12. The third-order valence-electron chi connectivity index (χ3n) is 1.51. The fraction of sp³-hybridized carbons (Fsp3) is 0.375. The van der Waals surface area contributed by atoms with E-state index in [0.29, 0.717) is 5.75 Å². The summed E-state index contributed by atoms with van der Waals surface area (Å²) < 4.78 is 14.6. The van der Waals surface area contributed by atoms with Gasteiger partial charge in [-0.15, -0.1) is 0 Å². The van der Waals surface area contributed by atoms with Crippen LogP contribution in [-0.2, 0) is 14.8 Å². The molecule has 0 aliphatic carbocycles. The number of phosphoric ester groups is 1. The summed E-state index contributed by atoms with van der Waals surface area (Å²) in [6.07, 6.45) is 3.42. The minimum absolute atomic E-state index is 0.0556. The summed E-state index contributed by atoms with van der Waals surface area (Å²) in [6.45, 7) is 0.0556. The van der Waals surface area contributed by atoms with E-state index in [2.05, 4.69) is 9.51 Å². The Kier molecular flexibility index (Phi) is 5.28. The Morgan fingerprint density at radius 2 is 2.07 bits per heavy atom. The lowest BCUT2D eigenvalue weighted by atomic mass is 10.3. The topological polar surface area (TPSA) is 79.7 Å². The van der Waals surface area contributed by atoms with Crippen LogP contribution < -0.4 is 0 Å². The predicted molar refractivity (Wildman–Crippen MR) is 58.4 cm³/mol. The lowest BCUT2D eigenvalue weighted by molar-refractivity contribution is 0.208. The van der Waals surface area contributed by atoms with Crippen LogP contribution in [0.3, 0.4) is 0 Å².